The van der Waals surface area contributed by atoms with Crippen LogP contribution in [0.15, 0.2) is 11.5 Å². The van der Waals surface area contributed by atoms with Crippen LogP contribution in [-0.4, -0.2) is 43.4 Å². The van der Waals surface area contributed by atoms with E-state index in [0.717, 1.165) is 5.41 Å². The molecule has 8 heteroatoms. The molecule has 0 saturated heterocycles. The molecule has 2 amide bonds. The fraction of sp³-hybridized carbons (Fsp3) is 0.692. The van der Waals surface area contributed by atoms with Gasteiger partial charge in [0, 0.05) is 11.4 Å². The topological polar surface area (TPSA) is 113 Å². The lowest BCUT2D eigenvalue weighted by Gasteiger charge is -2.26. The summed E-state index contributed by atoms with van der Waals surface area (Å²) in [5.41, 5.74) is -0.135. The number of urea groups is 1. The number of carbonyl (C=O) groups excluding carboxylic acids is 1. The molecule has 7 nitrogen and oxygen atoms in total. The van der Waals surface area contributed by atoms with Crippen molar-refractivity contribution in [3.63, 3.8) is 0 Å². The van der Waals surface area contributed by atoms with Gasteiger partial charge in [-0.3, -0.25) is 4.79 Å². The molecule has 3 N–H and O–H groups in total. The molecule has 1 aliphatic rings. The van der Waals surface area contributed by atoms with E-state index in [1.54, 1.807) is 0 Å². The van der Waals surface area contributed by atoms with Crippen molar-refractivity contribution in [2.75, 3.05) is 5.75 Å². The average molecular weight is 318 g/mol. The number of hydrogen-bond acceptors (Lipinski definition) is 4. The third kappa shape index (κ3) is 7.12. The molecule has 0 spiro atoms. The maximum Gasteiger partial charge on any atom is 0.315 e. The zero-order valence-electron chi connectivity index (χ0n) is 12.4. The summed E-state index contributed by atoms with van der Waals surface area (Å²) in [6.45, 7) is 5.86. The van der Waals surface area contributed by atoms with Crippen molar-refractivity contribution in [2.24, 2.45) is 5.41 Å². The smallest absolute Gasteiger partial charge is 0.315 e. The summed E-state index contributed by atoms with van der Waals surface area (Å²) in [7, 11) is -3.23. The highest BCUT2D eigenvalue weighted by Gasteiger charge is 2.26. The lowest BCUT2D eigenvalue weighted by Crippen LogP contribution is -2.48. The van der Waals surface area contributed by atoms with Crippen molar-refractivity contribution in [2.45, 2.75) is 45.7 Å². The first-order valence-electron chi connectivity index (χ1n) is 6.67. The maximum atomic E-state index is 11.8. The van der Waals surface area contributed by atoms with Crippen LogP contribution in [0.5, 0.6) is 0 Å². The minimum Gasteiger partial charge on any atom is -0.481 e. The Hall–Kier alpha value is -1.57. The number of carbonyl (C=O) groups is 2. The largest absolute Gasteiger partial charge is 0.481 e. The Morgan fingerprint density at radius 3 is 2.43 bits per heavy atom. The highest BCUT2D eigenvalue weighted by Crippen LogP contribution is 2.22. The van der Waals surface area contributed by atoms with E-state index >= 15 is 0 Å². The van der Waals surface area contributed by atoms with Crippen molar-refractivity contribution in [1.82, 2.24) is 10.6 Å². The van der Waals surface area contributed by atoms with Crippen LogP contribution in [0.1, 0.15) is 33.6 Å². The van der Waals surface area contributed by atoms with E-state index in [1.165, 1.54) is 6.08 Å². The van der Waals surface area contributed by atoms with Crippen molar-refractivity contribution in [3.8, 4) is 0 Å². The normalized spacial score (nSPS) is 21.8. The van der Waals surface area contributed by atoms with Gasteiger partial charge in [-0.2, -0.15) is 0 Å². The van der Waals surface area contributed by atoms with E-state index in [2.05, 4.69) is 10.6 Å². The molecule has 0 radical (unpaired) electrons. The van der Waals surface area contributed by atoms with Crippen LogP contribution >= 0.6 is 0 Å². The van der Waals surface area contributed by atoms with Gasteiger partial charge in [0.25, 0.3) is 0 Å². The number of nitrogens with one attached hydrogen (secondary N) is 2. The monoisotopic (exact) mass is 318 g/mol. The van der Waals surface area contributed by atoms with E-state index in [0.29, 0.717) is 6.42 Å². The summed E-state index contributed by atoms with van der Waals surface area (Å²) >= 11 is 0. The second-order valence-electron chi connectivity index (χ2n) is 6.44. The van der Waals surface area contributed by atoms with Gasteiger partial charge in [-0.1, -0.05) is 20.8 Å². The van der Waals surface area contributed by atoms with Crippen LogP contribution in [-0.2, 0) is 14.6 Å². The Balaban J connectivity index is 2.56. The molecule has 2 unspecified atom stereocenters. The Morgan fingerprint density at radius 1 is 1.38 bits per heavy atom. The van der Waals surface area contributed by atoms with Gasteiger partial charge in [-0.25, -0.2) is 13.2 Å². The van der Waals surface area contributed by atoms with Crippen LogP contribution in [0.4, 0.5) is 4.79 Å². The molecule has 0 fully saturated rings. The molecular formula is C13H22N2O5S. The van der Waals surface area contributed by atoms with Gasteiger partial charge in [0.15, 0.2) is 9.84 Å². The summed E-state index contributed by atoms with van der Waals surface area (Å²) in [5, 5.41) is 15.1. The van der Waals surface area contributed by atoms with Crippen molar-refractivity contribution < 1.29 is 23.1 Å². The Kier molecular flexibility index (Phi) is 5.38. The minimum absolute atomic E-state index is 0.135. The van der Waals surface area contributed by atoms with E-state index in [1.807, 2.05) is 20.8 Å². The molecule has 0 aromatic carbocycles. The SMILES string of the molecule is CC(C)(C)CC(CC(=O)O)NC(=O)NC1C=CS(=O)(=O)C1. The van der Waals surface area contributed by atoms with Gasteiger partial charge in [-0.05, 0) is 17.9 Å². The molecule has 1 heterocycles. The summed E-state index contributed by atoms with van der Waals surface area (Å²) in [6.07, 6.45) is 1.74. The number of aliphatic carboxylic acids is 1. The fourth-order valence-electron chi connectivity index (χ4n) is 2.19. The van der Waals surface area contributed by atoms with Crippen LogP contribution < -0.4 is 10.6 Å². The van der Waals surface area contributed by atoms with Crippen LogP contribution in [0, 0.1) is 5.41 Å². The average Bonchev–Trinajstić information content (AvgIpc) is 2.53. The predicted octanol–water partition coefficient (Wildman–Crippen LogP) is 0.876. The first-order chi connectivity index (χ1) is 9.47. The molecule has 0 aromatic heterocycles. The van der Waals surface area contributed by atoms with Crippen LogP contribution in [0.25, 0.3) is 0 Å². The first kappa shape index (κ1) is 17.5. The van der Waals surface area contributed by atoms with E-state index in [4.69, 9.17) is 5.11 Å². The number of rotatable bonds is 5. The highest BCUT2D eigenvalue weighted by atomic mass is 32.2. The van der Waals surface area contributed by atoms with E-state index in [9.17, 15) is 18.0 Å². The van der Waals surface area contributed by atoms with Crippen LogP contribution in [0.3, 0.4) is 0 Å². The molecule has 0 aromatic rings. The molecule has 0 saturated carbocycles. The summed E-state index contributed by atoms with van der Waals surface area (Å²) in [6, 6.07) is -1.64. The zero-order chi connectivity index (χ0) is 16.3. The lowest BCUT2D eigenvalue weighted by atomic mass is 9.87. The van der Waals surface area contributed by atoms with Gasteiger partial charge in [0.1, 0.15) is 0 Å². The molecule has 0 aliphatic carbocycles. The Morgan fingerprint density at radius 2 is 2.00 bits per heavy atom. The Bertz CT molecular complexity index is 533. The van der Waals surface area contributed by atoms with Crippen molar-refractivity contribution in [3.05, 3.63) is 11.5 Å². The first-order valence-corrected chi connectivity index (χ1v) is 8.38. The van der Waals surface area contributed by atoms with Gasteiger partial charge < -0.3 is 15.7 Å². The summed E-state index contributed by atoms with van der Waals surface area (Å²) in [4.78, 5) is 22.7. The molecule has 21 heavy (non-hydrogen) atoms. The van der Waals surface area contributed by atoms with Gasteiger partial charge in [0.2, 0.25) is 0 Å². The van der Waals surface area contributed by atoms with E-state index in [-0.39, 0.29) is 17.6 Å². The second kappa shape index (κ2) is 6.46. The number of hydrogen-bond donors (Lipinski definition) is 3. The standard InChI is InChI=1S/C13H22N2O5S/c1-13(2,3)7-10(6-11(16)17)15-12(18)14-9-4-5-21(19,20)8-9/h4-5,9-10H,6-8H2,1-3H3,(H,16,17)(H2,14,15,18). The number of carboxylic acids is 1. The van der Waals surface area contributed by atoms with Crippen molar-refractivity contribution in [1.29, 1.82) is 0 Å². The molecule has 0 bridgehead atoms. The third-order valence-electron chi connectivity index (χ3n) is 2.86. The quantitative estimate of drug-likeness (QED) is 0.696. The number of carboxylic acid groups (broad SMARTS) is 1. The van der Waals surface area contributed by atoms with Crippen molar-refractivity contribution >= 4 is 21.8 Å². The number of sulfone groups is 1. The fourth-order valence-corrected chi connectivity index (χ4v) is 3.42. The predicted molar refractivity (Wildman–Crippen MR) is 78.5 cm³/mol. The second-order valence-corrected chi connectivity index (χ2v) is 8.37. The maximum absolute atomic E-state index is 11.8. The molecule has 1 aliphatic heterocycles. The minimum atomic E-state index is -3.23. The van der Waals surface area contributed by atoms with E-state index < -0.39 is 33.9 Å². The molecule has 120 valence electrons. The van der Waals surface area contributed by atoms with Gasteiger partial charge in [0.05, 0.1) is 18.2 Å². The molecular weight excluding hydrogens is 296 g/mol. The number of amides is 2. The Labute approximate surface area is 124 Å². The van der Waals surface area contributed by atoms with Gasteiger partial charge >= 0.3 is 12.0 Å². The third-order valence-corrected chi connectivity index (χ3v) is 4.26. The molecule has 1 rings (SSSR count). The summed E-state index contributed by atoms with van der Waals surface area (Å²) in [5.74, 6) is -1.16. The van der Waals surface area contributed by atoms with Crippen LogP contribution in [0.2, 0.25) is 0 Å². The zero-order valence-corrected chi connectivity index (χ0v) is 13.2. The lowest BCUT2D eigenvalue weighted by molar-refractivity contribution is -0.137. The molecule has 2 atom stereocenters. The summed E-state index contributed by atoms with van der Waals surface area (Å²) < 4.78 is 22.5. The highest BCUT2D eigenvalue weighted by molar-refractivity contribution is 7.94. The van der Waals surface area contributed by atoms with Gasteiger partial charge in [-0.15, -0.1) is 0 Å².